The predicted octanol–water partition coefficient (Wildman–Crippen LogP) is 3.47. The average molecular weight is 265 g/mol. The Bertz CT molecular complexity index is 558. The van der Waals surface area contributed by atoms with Crippen molar-refractivity contribution in [1.82, 2.24) is 9.97 Å². The fraction of sp³-hybridized carbons (Fsp3) is 0.231. The third kappa shape index (κ3) is 3.37. The molecule has 0 bridgehead atoms. The van der Waals surface area contributed by atoms with E-state index in [4.69, 9.17) is 4.74 Å². The summed E-state index contributed by atoms with van der Waals surface area (Å²) in [7, 11) is 1.57. The molecule has 0 saturated carbocycles. The van der Waals surface area contributed by atoms with Crippen LogP contribution in [0.4, 0.5) is 20.3 Å². The minimum atomic E-state index is -2.61. The molecule has 6 heteroatoms. The van der Waals surface area contributed by atoms with Gasteiger partial charge in [-0.05, 0) is 31.2 Å². The van der Waals surface area contributed by atoms with Crippen molar-refractivity contribution < 1.29 is 13.5 Å². The Morgan fingerprint density at radius 3 is 2.42 bits per heavy atom. The first-order valence-electron chi connectivity index (χ1n) is 5.63. The number of methoxy groups -OCH3 is 1. The van der Waals surface area contributed by atoms with Crippen LogP contribution in [0, 0.1) is 6.92 Å². The topological polar surface area (TPSA) is 47.0 Å². The zero-order valence-electron chi connectivity index (χ0n) is 10.5. The SMILES string of the molecule is COc1ccc(Nc2cc(C(F)F)nc(C)n2)cc1. The van der Waals surface area contributed by atoms with E-state index in [0.29, 0.717) is 11.6 Å². The van der Waals surface area contributed by atoms with Crippen molar-refractivity contribution in [2.24, 2.45) is 0 Å². The van der Waals surface area contributed by atoms with E-state index >= 15 is 0 Å². The second-order valence-corrected chi connectivity index (χ2v) is 3.88. The number of aromatic nitrogens is 2. The number of nitrogens with one attached hydrogen (secondary N) is 1. The molecule has 2 aromatic rings. The highest BCUT2D eigenvalue weighted by molar-refractivity contribution is 5.57. The van der Waals surface area contributed by atoms with Crippen molar-refractivity contribution in [3.05, 3.63) is 41.9 Å². The van der Waals surface area contributed by atoms with Gasteiger partial charge in [0.25, 0.3) is 6.43 Å². The average Bonchev–Trinajstić information content (AvgIpc) is 2.39. The van der Waals surface area contributed by atoms with Gasteiger partial charge in [0.15, 0.2) is 0 Å². The Morgan fingerprint density at radius 2 is 1.84 bits per heavy atom. The number of aryl methyl sites for hydroxylation is 1. The van der Waals surface area contributed by atoms with Crippen LogP contribution in [0.2, 0.25) is 0 Å². The monoisotopic (exact) mass is 265 g/mol. The van der Waals surface area contributed by atoms with Crippen LogP contribution in [0.5, 0.6) is 5.75 Å². The molecule has 0 fully saturated rings. The van der Waals surface area contributed by atoms with E-state index in [2.05, 4.69) is 15.3 Å². The van der Waals surface area contributed by atoms with Gasteiger partial charge in [0, 0.05) is 11.8 Å². The normalized spacial score (nSPS) is 10.6. The lowest BCUT2D eigenvalue weighted by atomic mass is 10.3. The number of nitrogens with zero attached hydrogens (tertiary/aromatic N) is 2. The molecule has 0 unspecified atom stereocenters. The quantitative estimate of drug-likeness (QED) is 0.919. The number of benzene rings is 1. The van der Waals surface area contributed by atoms with E-state index in [-0.39, 0.29) is 5.69 Å². The molecule has 2 rings (SSSR count). The van der Waals surface area contributed by atoms with Crippen molar-refractivity contribution in [2.75, 3.05) is 12.4 Å². The molecular weight excluding hydrogens is 252 g/mol. The number of alkyl halides is 2. The standard InChI is InChI=1S/C13H13F2N3O/c1-8-16-11(13(14)15)7-12(17-8)18-9-3-5-10(19-2)6-4-9/h3-7,13H,1-2H3,(H,16,17,18). The molecule has 0 spiro atoms. The Labute approximate surface area is 109 Å². The van der Waals surface area contributed by atoms with E-state index in [1.165, 1.54) is 6.07 Å². The lowest BCUT2D eigenvalue weighted by molar-refractivity contribution is 0.145. The third-order valence-electron chi connectivity index (χ3n) is 2.44. The number of halogens is 2. The molecule has 100 valence electrons. The number of anilines is 2. The van der Waals surface area contributed by atoms with Gasteiger partial charge in [-0.3, -0.25) is 0 Å². The number of hydrogen-bond donors (Lipinski definition) is 1. The van der Waals surface area contributed by atoms with E-state index in [1.54, 1.807) is 38.3 Å². The van der Waals surface area contributed by atoms with Crippen LogP contribution >= 0.6 is 0 Å². The minimum absolute atomic E-state index is 0.288. The van der Waals surface area contributed by atoms with Crippen molar-refractivity contribution in [1.29, 1.82) is 0 Å². The highest BCUT2D eigenvalue weighted by atomic mass is 19.3. The van der Waals surface area contributed by atoms with Crippen molar-refractivity contribution in [3.8, 4) is 5.75 Å². The van der Waals surface area contributed by atoms with Crippen LogP contribution in [0.15, 0.2) is 30.3 Å². The van der Waals surface area contributed by atoms with Gasteiger partial charge < -0.3 is 10.1 Å². The largest absolute Gasteiger partial charge is 0.497 e. The van der Waals surface area contributed by atoms with E-state index in [0.717, 1.165) is 11.4 Å². The van der Waals surface area contributed by atoms with Gasteiger partial charge in [-0.15, -0.1) is 0 Å². The fourth-order valence-electron chi connectivity index (χ4n) is 1.59. The van der Waals surface area contributed by atoms with E-state index in [9.17, 15) is 8.78 Å². The summed E-state index contributed by atoms with van der Waals surface area (Å²) in [5.41, 5.74) is 0.447. The molecule has 0 atom stereocenters. The first-order chi connectivity index (χ1) is 9.08. The number of hydrogen-bond acceptors (Lipinski definition) is 4. The first-order valence-corrected chi connectivity index (χ1v) is 5.63. The summed E-state index contributed by atoms with van der Waals surface area (Å²) in [6.07, 6.45) is -2.61. The molecular formula is C13H13F2N3O. The summed E-state index contributed by atoms with van der Waals surface area (Å²) in [6.45, 7) is 1.57. The Hall–Kier alpha value is -2.24. The molecule has 0 amide bonds. The molecule has 0 saturated heterocycles. The Kier molecular flexibility index (Phi) is 3.89. The molecule has 19 heavy (non-hydrogen) atoms. The van der Waals surface area contributed by atoms with Gasteiger partial charge >= 0.3 is 0 Å². The summed E-state index contributed by atoms with van der Waals surface area (Å²) in [5.74, 6) is 1.36. The second-order valence-electron chi connectivity index (χ2n) is 3.88. The molecule has 4 nitrogen and oxygen atoms in total. The van der Waals surface area contributed by atoms with Gasteiger partial charge in [-0.1, -0.05) is 0 Å². The maximum atomic E-state index is 12.6. The lowest BCUT2D eigenvalue weighted by Crippen LogP contribution is -2.01. The summed E-state index contributed by atoms with van der Waals surface area (Å²) in [4.78, 5) is 7.75. The zero-order valence-corrected chi connectivity index (χ0v) is 10.5. The lowest BCUT2D eigenvalue weighted by Gasteiger charge is -2.09. The fourth-order valence-corrected chi connectivity index (χ4v) is 1.59. The molecule has 1 heterocycles. The maximum Gasteiger partial charge on any atom is 0.280 e. The minimum Gasteiger partial charge on any atom is -0.497 e. The summed E-state index contributed by atoms with van der Waals surface area (Å²) < 4.78 is 30.3. The van der Waals surface area contributed by atoms with E-state index < -0.39 is 6.43 Å². The van der Waals surface area contributed by atoms with Crippen LogP contribution in [0.1, 0.15) is 17.9 Å². The van der Waals surface area contributed by atoms with Gasteiger partial charge in [-0.25, -0.2) is 18.7 Å². The van der Waals surface area contributed by atoms with Crippen LogP contribution in [-0.4, -0.2) is 17.1 Å². The maximum absolute atomic E-state index is 12.6. The molecule has 1 aromatic heterocycles. The Balaban J connectivity index is 2.22. The number of ether oxygens (including phenoxy) is 1. The molecule has 0 aliphatic rings. The van der Waals surface area contributed by atoms with Crippen LogP contribution in [0.25, 0.3) is 0 Å². The zero-order chi connectivity index (χ0) is 13.8. The van der Waals surface area contributed by atoms with Crippen molar-refractivity contribution in [3.63, 3.8) is 0 Å². The summed E-state index contributed by atoms with van der Waals surface area (Å²) in [5, 5.41) is 2.95. The van der Waals surface area contributed by atoms with E-state index in [1.807, 2.05) is 0 Å². The summed E-state index contributed by atoms with van der Waals surface area (Å²) >= 11 is 0. The van der Waals surface area contributed by atoms with Gasteiger partial charge in [0.2, 0.25) is 0 Å². The smallest absolute Gasteiger partial charge is 0.280 e. The first kappa shape index (κ1) is 13.2. The summed E-state index contributed by atoms with van der Waals surface area (Å²) in [6, 6.07) is 8.33. The second kappa shape index (κ2) is 5.60. The third-order valence-corrected chi connectivity index (χ3v) is 2.44. The number of rotatable bonds is 4. The highest BCUT2D eigenvalue weighted by Gasteiger charge is 2.11. The van der Waals surface area contributed by atoms with Crippen molar-refractivity contribution >= 4 is 11.5 Å². The van der Waals surface area contributed by atoms with Crippen LogP contribution < -0.4 is 10.1 Å². The van der Waals surface area contributed by atoms with Gasteiger partial charge in [0.05, 0.1) is 7.11 Å². The molecule has 0 aliphatic heterocycles. The Morgan fingerprint density at radius 1 is 1.16 bits per heavy atom. The van der Waals surface area contributed by atoms with Crippen molar-refractivity contribution in [2.45, 2.75) is 13.3 Å². The van der Waals surface area contributed by atoms with Crippen LogP contribution in [-0.2, 0) is 0 Å². The predicted molar refractivity (Wildman–Crippen MR) is 68.0 cm³/mol. The molecule has 0 aliphatic carbocycles. The van der Waals surface area contributed by atoms with Crippen LogP contribution in [0.3, 0.4) is 0 Å². The van der Waals surface area contributed by atoms with Gasteiger partial charge in [0.1, 0.15) is 23.1 Å². The molecule has 0 radical (unpaired) electrons. The molecule has 1 aromatic carbocycles. The van der Waals surface area contributed by atoms with Gasteiger partial charge in [-0.2, -0.15) is 0 Å². The molecule has 1 N–H and O–H groups in total. The highest BCUT2D eigenvalue weighted by Crippen LogP contribution is 2.22.